The van der Waals surface area contributed by atoms with Crippen LogP contribution in [0.25, 0.3) is 0 Å². The van der Waals surface area contributed by atoms with E-state index in [0.29, 0.717) is 18.2 Å². The van der Waals surface area contributed by atoms with Crippen molar-refractivity contribution in [3.8, 4) is 0 Å². The van der Waals surface area contributed by atoms with E-state index in [0.717, 1.165) is 18.4 Å². The molecule has 3 rings (SSSR count). The van der Waals surface area contributed by atoms with Crippen LogP contribution in [0.4, 0.5) is 5.69 Å². The molecule has 1 aromatic heterocycles. The summed E-state index contributed by atoms with van der Waals surface area (Å²) in [6, 6.07) is 7.44. The zero-order valence-corrected chi connectivity index (χ0v) is 14.9. The van der Waals surface area contributed by atoms with Crippen molar-refractivity contribution in [3.05, 3.63) is 47.3 Å². The van der Waals surface area contributed by atoms with E-state index in [1.807, 2.05) is 36.1 Å². The van der Waals surface area contributed by atoms with Gasteiger partial charge in [0.25, 0.3) is 0 Å². The van der Waals surface area contributed by atoms with Gasteiger partial charge < -0.3 is 5.32 Å². The fraction of sp³-hybridized carbons (Fsp3) is 0.471. The minimum atomic E-state index is -3.25. The Kier molecular flexibility index (Phi) is 4.91. The number of nitrogens with one attached hydrogen (secondary N) is 2. The second kappa shape index (κ2) is 6.94. The van der Waals surface area contributed by atoms with Gasteiger partial charge in [-0.25, -0.2) is 8.42 Å². The van der Waals surface area contributed by atoms with Crippen LogP contribution in [0.2, 0.25) is 0 Å². The van der Waals surface area contributed by atoms with Gasteiger partial charge in [-0.1, -0.05) is 18.6 Å². The number of aromatic nitrogens is 2. The molecule has 0 saturated heterocycles. The highest BCUT2D eigenvalue weighted by Crippen LogP contribution is 2.37. The largest absolute Gasteiger partial charge is 0.307 e. The van der Waals surface area contributed by atoms with E-state index in [9.17, 15) is 8.42 Å². The molecule has 0 spiro atoms. The monoisotopic (exact) mass is 348 g/mol. The molecular formula is C17H24N4O2S. The average molecular weight is 348 g/mol. The van der Waals surface area contributed by atoms with Crippen molar-refractivity contribution < 1.29 is 8.42 Å². The highest BCUT2D eigenvalue weighted by atomic mass is 32.2. The summed E-state index contributed by atoms with van der Waals surface area (Å²) in [7, 11) is -1.27. The maximum atomic E-state index is 11.3. The van der Waals surface area contributed by atoms with Crippen LogP contribution in [0.5, 0.6) is 0 Å². The molecule has 1 fully saturated rings. The number of nitrogens with zero attached hydrogens (tertiary/aromatic N) is 2. The van der Waals surface area contributed by atoms with Crippen LogP contribution in [0.3, 0.4) is 0 Å². The van der Waals surface area contributed by atoms with Crippen LogP contribution >= 0.6 is 0 Å². The Morgan fingerprint density at radius 2 is 2.08 bits per heavy atom. The Hall–Kier alpha value is -1.86. The summed E-state index contributed by atoms with van der Waals surface area (Å²) < 4.78 is 27.1. The number of rotatable bonds is 7. The normalized spacial score (nSPS) is 15.2. The summed E-state index contributed by atoms with van der Waals surface area (Å²) in [4.78, 5) is 0. The summed E-state index contributed by atoms with van der Waals surface area (Å²) in [5.74, 6) is 0.665. The van der Waals surface area contributed by atoms with Gasteiger partial charge in [0.2, 0.25) is 10.0 Å². The molecule has 1 saturated carbocycles. The summed E-state index contributed by atoms with van der Waals surface area (Å²) in [6.45, 7) is 1.43. The van der Waals surface area contributed by atoms with Gasteiger partial charge in [-0.2, -0.15) is 5.10 Å². The molecule has 0 atom stereocenters. The first-order valence-electron chi connectivity index (χ1n) is 8.20. The first-order valence-corrected chi connectivity index (χ1v) is 10.1. The maximum absolute atomic E-state index is 11.3. The molecule has 2 aromatic rings. The molecule has 6 nitrogen and oxygen atoms in total. The molecular weight excluding hydrogens is 324 g/mol. The van der Waals surface area contributed by atoms with Gasteiger partial charge in [-0.05, 0) is 42.0 Å². The van der Waals surface area contributed by atoms with E-state index >= 15 is 0 Å². The van der Waals surface area contributed by atoms with Gasteiger partial charge in [-0.15, -0.1) is 0 Å². The van der Waals surface area contributed by atoms with Crippen molar-refractivity contribution in [3.63, 3.8) is 0 Å². The quantitative estimate of drug-likeness (QED) is 0.805. The Labute approximate surface area is 143 Å². The molecule has 24 heavy (non-hydrogen) atoms. The number of hydrogen-bond acceptors (Lipinski definition) is 4. The SMILES string of the molecule is Cn1ncc(C2CCC2)c1CNCc1cccc(NS(C)(=O)=O)c1. The zero-order valence-electron chi connectivity index (χ0n) is 14.1. The lowest BCUT2D eigenvalue weighted by Gasteiger charge is -2.25. The molecule has 130 valence electrons. The lowest BCUT2D eigenvalue weighted by atomic mass is 9.80. The predicted octanol–water partition coefficient (Wildman–Crippen LogP) is 2.35. The predicted molar refractivity (Wildman–Crippen MR) is 95.3 cm³/mol. The second-order valence-electron chi connectivity index (χ2n) is 6.48. The molecule has 1 heterocycles. The van der Waals surface area contributed by atoms with Crippen LogP contribution in [0.1, 0.15) is 42.0 Å². The third-order valence-electron chi connectivity index (χ3n) is 4.49. The van der Waals surface area contributed by atoms with Crippen LogP contribution < -0.4 is 10.0 Å². The average Bonchev–Trinajstić information content (AvgIpc) is 2.77. The van der Waals surface area contributed by atoms with Crippen molar-refractivity contribution in [2.45, 2.75) is 38.3 Å². The molecule has 1 aromatic carbocycles. The Morgan fingerprint density at radius 3 is 2.75 bits per heavy atom. The van der Waals surface area contributed by atoms with Crippen molar-refractivity contribution >= 4 is 15.7 Å². The van der Waals surface area contributed by atoms with Crippen molar-refractivity contribution in [1.82, 2.24) is 15.1 Å². The van der Waals surface area contributed by atoms with Gasteiger partial charge >= 0.3 is 0 Å². The number of aryl methyl sites for hydroxylation is 1. The standard InChI is InChI=1S/C17H24N4O2S/c1-21-17(16(11-19-21)14-6-4-7-14)12-18-10-13-5-3-8-15(9-13)20-24(2,22)23/h3,5,8-9,11,14,18,20H,4,6-7,10,12H2,1-2H3. The van der Waals surface area contributed by atoms with E-state index in [2.05, 4.69) is 15.1 Å². The molecule has 0 amide bonds. The van der Waals surface area contributed by atoms with Gasteiger partial charge in [0.1, 0.15) is 0 Å². The first kappa shape index (κ1) is 17.0. The van der Waals surface area contributed by atoms with Crippen LogP contribution in [-0.2, 0) is 30.2 Å². The molecule has 2 N–H and O–H groups in total. The molecule has 0 bridgehead atoms. The van der Waals surface area contributed by atoms with Gasteiger partial charge in [0, 0.05) is 25.8 Å². The van der Waals surface area contributed by atoms with E-state index in [1.54, 1.807) is 6.07 Å². The molecule has 0 radical (unpaired) electrons. The second-order valence-corrected chi connectivity index (χ2v) is 8.22. The first-order chi connectivity index (χ1) is 11.4. The number of hydrogen-bond donors (Lipinski definition) is 2. The van der Waals surface area contributed by atoms with E-state index in [1.165, 1.54) is 30.5 Å². The van der Waals surface area contributed by atoms with Crippen molar-refractivity contribution in [2.24, 2.45) is 7.05 Å². The van der Waals surface area contributed by atoms with Crippen LogP contribution in [0.15, 0.2) is 30.5 Å². The third kappa shape index (κ3) is 4.15. The highest BCUT2D eigenvalue weighted by molar-refractivity contribution is 7.92. The van der Waals surface area contributed by atoms with E-state index in [-0.39, 0.29) is 0 Å². The number of anilines is 1. The Morgan fingerprint density at radius 1 is 1.29 bits per heavy atom. The third-order valence-corrected chi connectivity index (χ3v) is 5.10. The van der Waals surface area contributed by atoms with Crippen LogP contribution in [-0.4, -0.2) is 24.5 Å². The van der Waals surface area contributed by atoms with Gasteiger partial charge in [-0.3, -0.25) is 9.40 Å². The summed E-state index contributed by atoms with van der Waals surface area (Å²) >= 11 is 0. The minimum absolute atomic E-state index is 0.590. The maximum Gasteiger partial charge on any atom is 0.229 e. The molecule has 1 aliphatic rings. The fourth-order valence-electron chi connectivity index (χ4n) is 3.04. The molecule has 0 aliphatic heterocycles. The zero-order chi connectivity index (χ0) is 17.2. The molecule has 1 aliphatic carbocycles. The van der Waals surface area contributed by atoms with E-state index < -0.39 is 10.0 Å². The number of sulfonamides is 1. The van der Waals surface area contributed by atoms with Gasteiger partial charge in [0.15, 0.2) is 0 Å². The van der Waals surface area contributed by atoms with E-state index in [4.69, 9.17) is 0 Å². The minimum Gasteiger partial charge on any atom is -0.307 e. The topological polar surface area (TPSA) is 76.0 Å². The summed E-state index contributed by atoms with van der Waals surface area (Å²) in [5.41, 5.74) is 4.23. The summed E-state index contributed by atoms with van der Waals surface area (Å²) in [5, 5.41) is 7.84. The number of benzene rings is 1. The lowest BCUT2D eigenvalue weighted by molar-refractivity contribution is 0.415. The van der Waals surface area contributed by atoms with Crippen molar-refractivity contribution in [2.75, 3.05) is 11.0 Å². The molecule has 7 heteroatoms. The Balaban J connectivity index is 1.61. The van der Waals surface area contributed by atoms with Crippen molar-refractivity contribution in [1.29, 1.82) is 0 Å². The lowest BCUT2D eigenvalue weighted by Crippen LogP contribution is -2.19. The summed E-state index contributed by atoms with van der Waals surface area (Å²) in [6.07, 6.45) is 6.99. The van der Waals surface area contributed by atoms with Gasteiger partial charge in [0.05, 0.1) is 18.1 Å². The van der Waals surface area contributed by atoms with Crippen LogP contribution in [0, 0.1) is 0 Å². The fourth-order valence-corrected chi connectivity index (χ4v) is 3.60. The smallest absolute Gasteiger partial charge is 0.229 e. The molecule has 0 unspecified atom stereocenters. The highest BCUT2D eigenvalue weighted by Gasteiger charge is 2.24. The Bertz CT molecular complexity index is 810.